The lowest BCUT2D eigenvalue weighted by molar-refractivity contribution is -0.116. The zero-order valence-corrected chi connectivity index (χ0v) is 17.6. The Hall–Kier alpha value is -3.21. The minimum absolute atomic E-state index is 0.0337. The van der Waals surface area contributed by atoms with Crippen LogP contribution in [0.3, 0.4) is 0 Å². The van der Waals surface area contributed by atoms with Crippen molar-refractivity contribution in [3.63, 3.8) is 0 Å². The van der Waals surface area contributed by atoms with Gasteiger partial charge in [-0.1, -0.05) is 12.1 Å². The smallest absolute Gasteiger partial charge is 0.258 e. The minimum atomic E-state index is -0.128. The van der Waals surface area contributed by atoms with Gasteiger partial charge in [-0.3, -0.25) is 14.4 Å². The van der Waals surface area contributed by atoms with Gasteiger partial charge in [0, 0.05) is 42.7 Å². The van der Waals surface area contributed by atoms with Crippen LogP contribution >= 0.6 is 0 Å². The first kappa shape index (κ1) is 20.1. The van der Waals surface area contributed by atoms with E-state index in [-0.39, 0.29) is 17.2 Å². The van der Waals surface area contributed by atoms with Gasteiger partial charge < -0.3 is 9.47 Å². The number of carbonyl (C=O) groups excluding carboxylic acids is 2. The molecule has 1 heterocycles. The molecule has 0 bridgehead atoms. The van der Waals surface area contributed by atoms with Crippen molar-refractivity contribution >= 4 is 28.3 Å². The lowest BCUT2D eigenvalue weighted by Gasteiger charge is -2.20. The molecule has 0 N–H and O–H groups in total. The van der Waals surface area contributed by atoms with Crippen molar-refractivity contribution in [3.05, 3.63) is 75.6 Å². The van der Waals surface area contributed by atoms with Crippen molar-refractivity contribution < 1.29 is 9.59 Å². The van der Waals surface area contributed by atoms with Crippen LogP contribution in [0.15, 0.2) is 53.3 Å². The first-order valence-corrected chi connectivity index (χ1v) is 10.4. The SMILES string of the molecule is CCn1c(=O)cc(C2CC2)c2cc(N(C)C(=O)c3cccc(CC(C)=O)c3)ccc21. The molecule has 0 aliphatic heterocycles. The molecule has 0 saturated heterocycles. The predicted molar refractivity (Wildman–Crippen MR) is 119 cm³/mol. The molecule has 30 heavy (non-hydrogen) atoms. The van der Waals surface area contributed by atoms with Gasteiger partial charge in [0.1, 0.15) is 5.78 Å². The number of ketones is 1. The average molecular weight is 402 g/mol. The summed E-state index contributed by atoms with van der Waals surface area (Å²) in [5.41, 5.74) is 4.21. The van der Waals surface area contributed by atoms with Crippen molar-refractivity contribution in [2.75, 3.05) is 11.9 Å². The first-order chi connectivity index (χ1) is 14.4. The molecule has 0 radical (unpaired) electrons. The maximum Gasteiger partial charge on any atom is 0.258 e. The van der Waals surface area contributed by atoms with Gasteiger partial charge >= 0.3 is 0 Å². The molecule has 5 nitrogen and oxygen atoms in total. The lowest BCUT2D eigenvalue weighted by atomic mass is 10.0. The van der Waals surface area contributed by atoms with Gasteiger partial charge in [0.2, 0.25) is 0 Å². The maximum absolute atomic E-state index is 13.1. The second-order valence-electron chi connectivity index (χ2n) is 8.10. The molecular weight excluding hydrogens is 376 g/mol. The highest BCUT2D eigenvalue weighted by atomic mass is 16.2. The van der Waals surface area contributed by atoms with Gasteiger partial charge in [-0.05, 0) is 74.1 Å². The van der Waals surface area contributed by atoms with Crippen LogP contribution in [0.4, 0.5) is 5.69 Å². The molecule has 1 aliphatic carbocycles. The number of Topliss-reactive ketones (excluding diaryl/α,β-unsaturated/α-hetero) is 1. The molecule has 4 rings (SSSR count). The Morgan fingerprint density at radius 3 is 2.53 bits per heavy atom. The molecule has 5 heteroatoms. The van der Waals surface area contributed by atoms with E-state index in [1.54, 1.807) is 41.6 Å². The normalized spacial score (nSPS) is 13.4. The summed E-state index contributed by atoms with van der Waals surface area (Å²) in [5.74, 6) is 0.375. The van der Waals surface area contributed by atoms with Crippen LogP contribution in [0.25, 0.3) is 10.9 Å². The monoisotopic (exact) mass is 402 g/mol. The molecule has 1 aliphatic rings. The number of fused-ring (bicyclic) bond motifs is 1. The van der Waals surface area contributed by atoms with E-state index in [1.807, 2.05) is 37.3 Å². The third kappa shape index (κ3) is 3.80. The largest absolute Gasteiger partial charge is 0.311 e. The fourth-order valence-corrected chi connectivity index (χ4v) is 4.08. The van der Waals surface area contributed by atoms with Crippen LogP contribution in [0.5, 0.6) is 0 Å². The van der Waals surface area contributed by atoms with E-state index in [9.17, 15) is 14.4 Å². The number of benzene rings is 2. The second kappa shape index (κ2) is 7.90. The number of pyridine rings is 1. The van der Waals surface area contributed by atoms with Crippen LogP contribution in [-0.4, -0.2) is 23.3 Å². The van der Waals surface area contributed by atoms with Gasteiger partial charge in [0.15, 0.2) is 0 Å². The molecule has 0 atom stereocenters. The van der Waals surface area contributed by atoms with E-state index in [0.29, 0.717) is 24.4 Å². The van der Waals surface area contributed by atoms with Crippen LogP contribution < -0.4 is 10.5 Å². The Morgan fingerprint density at radius 1 is 1.10 bits per heavy atom. The topological polar surface area (TPSA) is 59.4 Å². The summed E-state index contributed by atoms with van der Waals surface area (Å²) in [6.07, 6.45) is 2.53. The molecule has 1 fully saturated rings. The predicted octanol–water partition coefficient (Wildman–Crippen LogP) is 4.31. The number of aromatic nitrogens is 1. The van der Waals surface area contributed by atoms with Gasteiger partial charge in [-0.25, -0.2) is 0 Å². The number of rotatable bonds is 6. The summed E-state index contributed by atoms with van der Waals surface area (Å²) in [6, 6.07) is 14.8. The quantitative estimate of drug-likeness (QED) is 0.617. The summed E-state index contributed by atoms with van der Waals surface area (Å²) in [6.45, 7) is 4.12. The highest BCUT2D eigenvalue weighted by molar-refractivity contribution is 6.07. The summed E-state index contributed by atoms with van der Waals surface area (Å²) in [7, 11) is 1.76. The fraction of sp³-hybridized carbons (Fsp3) is 0.320. The fourth-order valence-electron chi connectivity index (χ4n) is 4.08. The second-order valence-corrected chi connectivity index (χ2v) is 8.10. The first-order valence-electron chi connectivity index (χ1n) is 10.4. The summed E-state index contributed by atoms with van der Waals surface area (Å²) in [5, 5.41) is 1.04. The third-order valence-electron chi connectivity index (χ3n) is 5.78. The van der Waals surface area contributed by atoms with E-state index >= 15 is 0 Å². The van der Waals surface area contributed by atoms with Crippen molar-refractivity contribution in [1.29, 1.82) is 0 Å². The molecule has 0 unspecified atom stereocenters. The van der Waals surface area contributed by atoms with E-state index in [4.69, 9.17) is 0 Å². The van der Waals surface area contributed by atoms with Crippen LogP contribution in [0, 0.1) is 0 Å². The van der Waals surface area contributed by atoms with E-state index < -0.39 is 0 Å². The number of aryl methyl sites for hydroxylation is 1. The standard InChI is InChI=1S/C25H26N2O3/c1-4-27-23-11-10-20(14-22(23)21(15-24(27)29)18-8-9-18)26(3)25(30)19-7-5-6-17(13-19)12-16(2)28/h5-7,10-11,13-15,18H,4,8-9,12H2,1-3H3. The number of amides is 1. The number of nitrogens with zero attached hydrogens (tertiary/aromatic N) is 2. The Kier molecular flexibility index (Phi) is 5.29. The zero-order valence-electron chi connectivity index (χ0n) is 17.6. The highest BCUT2D eigenvalue weighted by Gasteiger charge is 2.27. The van der Waals surface area contributed by atoms with E-state index in [0.717, 1.165) is 40.6 Å². The summed E-state index contributed by atoms with van der Waals surface area (Å²) in [4.78, 5) is 38.7. The van der Waals surface area contributed by atoms with Crippen LogP contribution in [0.2, 0.25) is 0 Å². The molecule has 3 aromatic rings. The molecule has 154 valence electrons. The van der Waals surface area contributed by atoms with Gasteiger partial charge in [0.25, 0.3) is 11.5 Å². The average Bonchev–Trinajstić information content (AvgIpc) is 3.57. The Labute approximate surface area is 175 Å². The van der Waals surface area contributed by atoms with Crippen molar-refractivity contribution in [3.8, 4) is 0 Å². The van der Waals surface area contributed by atoms with Gasteiger partial charge in [-0.2, -0.15) is 0 Å². The third-order valence-corrected chi connectivity index (χ3v) is 5.78. The van der Waals surface area contributed by atoms with Gasteiger partial charge in [-0.15, -0.1) is 0 Å². The summed E-state index contributed by atoms with van der Waals surface area (Å²) < 4.78 is 1.78. The molecule has 1 aromatic heterocycles. The van der Waals surface area contributed by atoms with E-state index in [2.05, 4.69) is 0 Å². The van der Waals surface area contributed by atoms with E-state index in [1.165, 1.54) is 0 Å². The Morgan fingerprint density at radius 2 is 1.87 bits per heavy atom. The Bertz CT molecular complexity index is 1200. The van der Waals surface area contributed by atoms with Crippen molar-refractivity contribution in [1.82, 2.24) is 4.57 Å². The zero-order chi connectivity index (χ0) is 21.4. The minimum Gasteiger partial charge on any atom is -0.311 e. The molecule has 0 spiro atoms. The molecular formula is C25H26N2O3. The Balaban J connectivity index is 1.73. The molecule has 1 amide bonds. The number of hydrogen-bond acceptors (Lipinski definition) is 3. The number of anilines is 1. The van der Waals surface area contributed by atoms with Crippen molar-refractivity contribution in [2.45, 2.75) is 45.6 Å². The van der Waals surface area contributed by atoms with Crippen LogP contribution in [-0.2, 0) is 17.8 Å². The van der Waals surface area contributed by atoms with Crippen LogP contribution in [0.1, 0.15) is 54.1 Å². The lowest BCUT2D eigenvalue weighted by Crippen LogP contribution is -2.26. The summed E-state index contributed by atoms with van der Waals surface area (Å²) >= 11 is 0. The van der Waals surface area contributed by atoms with Gasteiger partial charge in [0.05, 0.1) is 5.52 Å². The maximum atomic E-state index is 13.1. The molecule has 2 aromatic carbocycles. The van der Waals surface area contributed by atoms with Crippen molar-refractivity contribution in [2.24, 2.45) is 0 Å². The highest BCUT2D eigenvalue weighted by Crippen LogP contribution is 2.43. The number of hydrogen-bond donors (Lipinski definition) is 0. The molecule has 1 saturated carbocycles. The number of carbonyl (C=O) groups is 2.